The van der Waals surface area contributed by atoms with Crippen LogP contribution in [0.1, 0.15) is 104 Å². The fourth-order valence-corrected chi connectivity index (χ4v) is 2.97. The van der Waals surface area contributed by atoms with Gasteiger partial charge in [0.2, 0.25) is 0 Å². The number of allylic oxidation sites excluding steroid dienone is 2. The van der Waals surface area contributed by atoms with E-state index in [1.165, 1.54) is 32.1 Å². The summed E-state index contributed by atoms with van der Waals surface area (Å²) in [6.07, 6.45) is 19.2. The molecule has 0 amide bonds. The lowest BCUT2D eigenvalue weighted by molar-refractivity contribution is -0.137. The Morgan fingerprint density at radius 1 is 0.833 bits per heavy atom. The van der Waals surface area contributed by atoms with Gasteiger partial charge in [-0.05, 0) is 45.4 Å². The van der Waals surface area contributed by atoms with E-state index in [1.54, 1.807) is 6.92 Å². The summed E-state index contributed by atoms with van der Waals surface area (Å²) in [7, 11) is 0. The molecule has 0 aromatic carbocycles. The average molecular weight is 339 g/mol. The Balaban J connectivity index is 3.65. The van der Waals surface area contributed by atoms with Crippen molar-refractivity contribution in [1.82, 2.24) is 0 Å². The number of rotatable bonds is 17. The third kappa shape index (κ3) is 15.8. The van der Waals surface area contributed by atoms with Crippen LogP contribution >= 0.6 is 0 Å². The lowest BCUT2D eigenvalue weighted by Crippen LogP contribution is -2.10. The zero-order valence-electron chi connectivity index (χ0n) is 15.9. The second kappa shape index (κ2) is 16.7. The van der Waals surface area contributed by atoms with E-state index in [-0.39, 0.29) is 12.3 Å². The molecule has 0 bridgehead atoms. The Labute approximate surface area is 148 Å². The van der Waals surface area contributed by atoms with Crippen molar-refractivity contribution in [3.63, 3.8) is 0 Å². The van der Waals surface area contributed by atoms with Crippen molar-refractivity contribution in [2.75, 3.05) is 0 Å². The third-order valence-corrected chi connectivity index (χ3v) is 4.59. The average Bonchev–Trinajstić information content (AvgIpc) is 2.53. The highest BCUT2D eigenvalue weighted by atomic mass is 16.4. The first kappa shape index (κ1) is 22.9. The highest BCUT2D eigenvalue weighted by Gasteiger charge is 2.12. The number of carbonyl (C=O) groups is 2. The highest BCUT2D eigenvalue weighted by molar-refractivity contribution is 5.78. The van der Waals surface area contributed by atoms with Gasteiger partial charge in [-0.25, -0.2) is 0 Å². The number of Topliss-reactive ketones (excluding diaryl/α,β-unsaturated/α-hetero) is 1. The summed E-state index contributed by atoms with van der Waals surface area (Å²) < 4.78 is 0. The molecule has 3 heteroatoms. The van der Waals surface area contributed by atoms with Crippen LogP contribution in [0.4, 0.5) is 0 Å². The van der Waals surface area contributed by atoms with Gasteiger partial charge in [-0.3, -0.25) is 9.59 Å². The maximum atomic E-state index is 11.7. The van der Waals surface area contributed by atoms with Crippen LogP contribution in [0.2, 0.25) is 0 Å². The smallest absolute Gasteiger partial charge is 0.303 e. The quantitative estimate of drug-likeness (QED) is 0.249. The van der Waals surface area contributed by atoms with E-state index in [1.807, 2.05) is 0 Å². The summed E-state index contributed by atoms with van der Waals surface area (Å²) in [5.74, 6) is -0.184. The molecule has 0 saturated heterocycles. The monoisotopic (exact) mass is 338 g/mol. The van der Waals surface area contributed by atoms with Gasteiger partial charge in [-0.2, -0.15) is 0 Å². The molecule has 0 radical (unpaired) electrons. The molecule has 0 aliphatic rings. The standard InChI is InChI=1S/C21H38O3/c1-3-4-5-6-7-8-10-13-16-20(19(2)22)17-14-11-9-12-15-18-21(23)24/h8,10,20H,3-7,9,11-18H2,1-2H3,(H,23,24)/b10-8-. The van der Waals surface area contributed by atoms with Crippen LogP contribution in [0.25, 0.3) is 0 Å². The molecule has 0 fully saturated rings. The topological polar surface area (TPSA) is 54.4 Å². The number of hydrogen-bond donors (Lipinski definition) is 1. The van der Waals surface area contributed by atoms with Crippen LogP contribution in [0.15, 0.2) is 12.2 Å². The Kier molecular flexibility index (Phi) is 15.9. The Bertz CT molecular complexity index is 347. The molecule has 0 aliphatic heterocycles. The maximum absolute atomic E-state index is 11.7. The lowest BCUT2D eigenvalue weighted by atomic mass is 9.92. The van der Waals surface area contributed by atoms with Crippen LogP contribution in [-0.2, 0) is 9.59 Å². The van der Waals surface area contributed by atoms with Crippen molar-refractivity contribution in [2.24, 2.45) is 5.92 Å². The van der Waals surface area contributed by atoms with E-state index >= 15 is 0 Å². The number of carbonyl (C=O) groups excluding carboxylic acids is 1. The largest absolute Gasteiger partial charge is 0.481 e. The summed E-state index contributed by atoms with van der Waals surface area (Å²) in [4.78, 5) is 22.2. The van der Waals surface area contributed by atoms with Crippen molar-refractivity contribution in [1.29, 1.82) is 0 Å². The van der Waals surface area contributed by atoms with E-state index in [9.17, 15) is 9.59 Å². The molecule has 0 aromatic rings. The van der Waals surface area contributed by atoms with Crippen LogP contribution in [0.5, 0.6) is 0 Å². The molecule has 24 heavy (non-hydrogen) atoms. The van der Waals surface area contributed by atoms with Gasteiger partial charge in [0.1, 0.15) is 5.78 Å². The zero-order valence-corrected chi connectivity index (χ0v) is 15.9. The first-order valence-electron chi connectivity index (χ1n) is 9.95. The fraction of sp³-hybridized carbons (Fsp3) is 0.810. The maximum Gasteiger partial charge on any atom is 0.303 e. The van der Waals surface area contributed by atoms with Gasteiger partial charge in [-0.15, -0.1) is 0 Å². The van der Waals surface area contributed by atoms with Gasteiger partial charge < -0.3 is 5.11 Å². The summed E-state index contributed by atoms with van der Waals surface area (Å²) in [5.41, 5.74) is 0. The molecule has 0 spiro atoms. The van der Waals surface area contributed by atoms with Gasteiger partial charge in [0, 0.05) is 12.3 Å². The number of unbranched alkanes of at least 4 members (excludes halogenated alkanes) is 8. The number of aliphatic carboxylic acids is 1. The molecule has 140 valence electrons. The van der Waals surface area contributed by atoms with Crippen LogP contribution in [0, 0.1) is 5.92 Å². The minimum atomic E-state index is -0.704. The molecule has 1 atom stereocenters. The Morgan fingerprint density at radius 2 is 1.46 bits per heavy atom. The van der Waals surface area contributed by atoms with Gasteiger partial charge >= 0.3 is 5.97 Å². The van der Waals surface area contributed by atoms with E-state index < -0.39 is 5.97 Å². The van der Waals surface area contributed by atoms with Crippen LogP contribution < -0.4 is 0 Å². The second-order valence-corrected chi connectivity index (χ2v) is 6.91. The molecular weight excluding hydrogens is 300 g/mol. The molecule has 0 aliphatic carbocycles. The molecule has 3 nitrogen and oxygen atoms in total. The molecule has 0 heterocycles. The van der Waals surface area contributed by atoms with E-state index in [0.29, 0.717) is 5.78 Å². The normalized spacial score (nSPS) is 12.6. The van der Waals surface area contributed by atoms with Crippen molar-refractivity contribution in [3.8, 4) is 0 Å². The minimum absolute atomic E-state index is 0.203. The van der Waals surface area contributed by atoms with Crippen LogP contribution in [-0.4, -0.2) is 16.9 Å². The molecule has 0 saturated carbocycles. The van der Waals surface area contributed by atoms with E-state index in [0.717, 1.165) is 51.4 Å². The Morgan fingerprint density at radius 3 is 2.12 bits per heavy atom. The SMILES string of the molecule is CCCCCC/C=C\CCC(CCCCCCCC(=O)O)C(C)=O. The third-order valence-electron chi connectivity index (χ3n) is 4.59. The molecule has 0 aromatic heterocycles. The van der Waals surface area contributed by atoms with E-state index in [4.69, 9.17) is 5.11 Å². The number of carboxylic acids is 1. The van der Waals surface area contributed by atoms with Gasteiger partial charge in [-0.1, -0.05) is 64.0 Å². The van der Waals surface area contributed by atoms with Crippen molar-refractivity contribution in [3.05, 3.63) is 12.2 Å². The van der Waals surface area contributed by atoms with Crippen molar-refractivity contribution < 1.29 is 14.7 Å². The summed E-state index contributed by atoms with van der Waals surface area (Å²) >= 11 is 0. The number of ketones is 1. The predicted octanol–water partition coefficient (Wildman–Crippen LogP) is 6.31. The first-order valence-corrected chi connectivity index (χ1v) is 9.95. The summed E-state index contributed by atoms with van der Waals surface area (Å²) in [5, 5.41) is 8.58. The van der Waals surface area contributed by atoms with Gasteiger partial charge in [0.15, 0.2) is 0 Å². The highest BCUT2D eigenvalue weighted by Crippen LogP contribution is 2.18. The summed E-state index contributed by atoms with van der Waals surface area (Å²) in [6.45, 7) is 3.94. The van der Waals surface area contributed by atoms with Crippen LogP contribution in [0.3, 0.4) is 0 Å². The lowest BCUT2D eigenvalue weighted by Gasteiger charge is -2.12. The number of hydrogen-bond acceptors (Lipinski definition) is 2. The summed E-state index contributed by atoms with van der Waals surface area (Å²) in [6, 6.07) is 0. The first-order chi connectivity index (χ1) is 11.6. The Hall–Kier alpha value is -1.12. The zero-order chi connectivity index (χ0) is 18.0. The van der Waals surface area contributed by atoms with Crippen molar-refractivity contribution >= 4 is 11.8 Å². The predicted molar refractivity (Wildman–Crippen MR) is 101 cm³/mol. The minimum Gasteiger partial charge on any atom is -0.481 e. The molecule has 1 unspecified atom stereocenters. The van der Waals surface area contributed by atoms with Gasteiger partial charge in [0.05, 0.1) is 0 Å². The molecule has 1 N–H and O–H groups in total. The van der Waals surface area contributed by atoms with E-state index in [2.05, 4.69) is 19.1 Å². The second-order valence-electron chi connectivity index (χ2n) is 6.91. The fourth-order valence-electron chi connectivity index (χ4n) is 2.97. The van der Waals surface area contributed by atoms with Gasteiger partial charge in [0.25, 0.3) is 0 Å². The number of carboxylic acid groups (broad SMARTS) is 1. The molecular formula is C21H38O3. The van der Waals surface area contributed by atoms with Crippen molar-refractivity contribution in [2.45, 2.75) is 104 Å². The molecule has 0 rings (SSSR count).